The highest BCUT2D eigenvalue weighted by Crippen LogP contribution is 2.30. The van der Waals surface area contributed by atoms with Gasteiger partial charge in [0.15, 0.2) is 0 Å². The molecule has 1 aliphatic carbocycles. The third kappa shape index (κ3) is 4.21. The molecule has 0 spiro atoms. The fraction of sp³-hybridized carbons (Fsp3) is 0.500. The molecule has 5 heteroatoms. The maximum absolute atomic E-state index is 12.4. The Morgan fingerprint density at radius 1 is 1.24 bits per heavy atom. The first-order chi connectivity index (χ1) is 9.86. The number of rotatable bonds is 5. The summed E-state index contributed by atoms with van der Waals surface area (Å²) in [5, 5.41) is 11.8. The topological polar surface area (TPSA) is 69.6 Å². The van der Waals surface area contributed by atoms with Gasteiger partial charge in [0.1, 0.15) is 6.54 Å². The average molecular weight is 290 g/mol. The van der Waals surface area contributed by atoms with E-state index in [2.05, 4.69) is 5.32 Å². The van der Waals surface area contributed by atoms with Gasteiger partial charge in [0.2, 0.25) is 0 Å². The summed E-state index contributed by atoms with van der Waals surface area (Å²) >= 11 is 0. The fourth-order valence-electron chi connectivity index (χ4n) is 2.56. The lowest BCUT2D eigenvalue weighted by Gasteiger charge is -2.22. The second kappa shape index (κ2) is 6.16. The molecule has 0 aromatic heterocycles. The van der Waals surface area contributed by atoms with Crippen LogP contribution in [-0.4, -0.2) is 35.1 Å². The summed E-state index contributed by atoms with van der Waals surface area (Å²) in [5.74, 6) is -0.529. The lowest BCUT2D eigenvalue weighted by atomic mass is 10.1. The quantitative estimate of drug-likeness (QED) is 0.876. The first kappa shape index (κ1) is 15.4. The molecule has 1 aliphatic rings. The van der Waals surface area contributed by atoms with Crippen LogP contribution in [0, 0.1) is 26.7 Å². The van der Waals surface area contributed by atoms with Crippen LogP contribution in [0.15, 0.2) is 12.1 Å². The van der Waals surface area contributed by atoms with Gasteiger partial charge in [0.25, 0.3) is 0 Å². The number of aryl methyl sites for hydroxylation is 3. The number of hydrogen-bond donors (Lipinski definition) is 2. The molecule has 0 bridgehead atoms. The number of hydrogen-bond acceptors (Lipinski definition) is 2. The van der Waals surface area contributed by atoms with Crippen LogP contribution in [-0.2, 0) is 4.79 Å². The van der Waals surface area contributed by atoms with Crippen molar-refractivity contribution in [2.75, 3.05) is 18.4 Å². The van der Waals surface area contributed by atoms with Gasteiger partial charge in [-0.25, -0.2) is 4.79 Å². The van der Waals surface area contributed by atoms with E-state index < -0.39 is 5.97 Å². The minimum Gasteiger partial charge on any atom is -0.480 e. The summed E-state index contributed by atoms with van der Waals surface area (Å²) in [4.78, 5) is 24.7. The Morgan fingerprint density at radius 3 is 2.29 bits per heavy atom. The lowest BCUT2D eigenvalue weighted by Crippen LogP contribution is -2.40. The number of anilines is 1. The molecule has 0 saturated heterocycles. The molecule has 2 N–H and O–H groups in total. The van der Waals surface area contributed by atoms with Crippen LogP contribution in [0.2, 0.25) is 0 Å². The van der Waals surface area contributed by atoms with Crippen LogP contribution < -0.4 is 5.32 Å². The number of amides is 2. The minimum absolute atomic E-state index is 0.258. The first-order valence-corrected chi connectivity index (χ1v) is 7.22. The zero-order valence-corrected chi connectivity index (χ0v) is 12.8. The van der Waals surface area contributed by atoms with Crippen molar-refractivity contribution in [2.45, 2.75) is 33.6 Å². The molecule has 114 valence electrons. The Morgan fingerprint density at radius 2 is 1.81 bits per heavy atom. The maximum atomic E-state index is 12.4. The van der Waals surface area contributed by atoms with Crippen molar-refractivity contribution >= 4 is 17.7 Å². The third-order valence-corrected chi connectivity index (χ3v) is 3.70. The Hall–Kier alpha value is -2.04. The standard InChI is InChI=1S/C16H22N2O3/c1-10-6-11(2)15(12(3)7-10)17-16(21)18(9-14(19)20)8-13-4-5-13/h6-7,13H,4-5,8-9H2,1-3H3,(H,17,21)(H,19,20). The second-order valence-corrected chi connectivity index (χ2v) is 5.92. The highest BCUT2D eigenvalue weighted by molar-refractivity contribution is 5.92. The van der Waals surface area contributed by atoms with Gasteiger partial charge in [-0.3, -0.25) is 4.79 Å². The molecule has 1 saturated carbocycles. The van der Waals surface area contributed by atoms with Gasteiger partial charge in [-0.1, -0.05) is 17.7 Å². The van der Waals surface area contributed by atoms with E-state index >= 15 is 0 Å². The van der Waals surface area contributed by atoms with Crippen molar-refractivity contribution in [1.82, 2.24) is 4.90 Å². The molecule has 2 rings (SSSR count). The highest BCUT2D eigenvalue weighted by atomic mass is 16.4. The Balaban J connectivity index is 2.12. The van der Waals surface area contributed by atoms with E-state index in [0.29, 0.717) is 12.5 Å². The molecular formula is C16H22N2O3. The molecule has 5 nitrogen and oxygen atoms in total. The van der Waals surface area contributed by atoms with Crippen LogP contribution >= 0.6 is 0 Å². The van der Waals surface area contributed by atoms with Gasteiger partial charge in [-0.05, 0) is 50.7 Å². The monoisotopic (exact) mass is 290 g/mol. The van der Waals surface area contributed by atoms with E-state index in [-0.39, 0.29) is 12.6 Å². The van der Waals surface area contributed by atoms with Gasteiger partial charge in [-0.2, -0.15) is 0 Å². The predicted molar refractivity (Wildman–Crippen MR) is 81.6 cm³/mol. The van der Waals surface area contributed by atoms with Crippen molar-refractivity contribution in [2.24, 2.45) is 5.92 Å². The van der Waals surface area contributed by atoms with Crippen LogP contribution in [0.5, 0.6) is 0 Å². The number of nitrogens with one attached hydrogen (secondary N) is 1. The molecule has 1 fully saturated rings. The molecule has 0 aliphatic heterocycles. The summed E-state index contributed by atoms with van der Waals surface area (Å²) in [6.07, 6.45) is 2.15. The molecule has 21 heavy (non-hydrogen) atoms. The van der Waals surface area contributed by atoms with E-state index in [1.165, 1.54) is 4.90 Å². The van der Waals surface area contributed by atoms with E-state index in [9.17, 15) is 9.59 Å². The molecular weight excluding hydrogens is 268 g/mol. The Labute approximate surface area is 125 Å². The predicted octanol–water partition coefficient (Wildman–Crippen LogP) is 2.94. The number of carbonyl (C=O) groups excluding carboxylic acids is 1. The summed E-state index contributed by atoms with van der Waals surface area (Å²) in [7, 11) is 0. The number of carboxylic acids is 1. The average Bonchev–Trinajstić information content (AvgIpc) is 3.16. The second-order valence-electron chi connectivity index (χ2n) is 5.92. The number of nitrogens with zero attached hydrogens (tertiary/aromatic N) is 1. The molecule has 0 atom stereocenters. The molecule has 0 unspecified atom stereocenters. The summed E-state index contributed by atoms with van der Waals surface area (Å²) in [6.45, 7) is 6.15. The molecule has 1 aromatic carbocycles. The fourth-order valence-corrected chi connectivity index (χ4v) is 2.56. The van der Waals surface area contributed by atoms with Crippen LogP contribution in [0.3, 0.4) is 0 Å². The zero-order valence-electron chi connectivity index (χ0n) is 12.8. The minimum atomic E-state index is -0.983. The van der Waals surface area contributed by atoms with Gasteiger partial charge in [0.05, 0.1) is 0 Å². The number of carbonyl (C=O) groups is 2. The first-order valence-electron chi connectivity index (χ1n) is 7.22. The Bertz CT molecular complexity index is 542. The van der Waals surface area contributed by atoms with Crippen molar-refractivity contribution in [3.63, 3.8) is 0 Å². The van der Waals surface area contributed by atoms with E-state index in [0.717, 1.165) is 35.2 Å². The van der Waals surface area contributed by atoms with Crippen LogP contribution in [0.4, 0.5) is 10.5 Å². The SMILES string of the molecule is Cc1cc(C)c(NC(=O)N(CC(=O)O)CC2CC2)c(C)c1. The highest BCUT2D eigenvalue weighted by Gasteiger charge is 2.28. The summed E-state index contributed by atoms with van der Waals surface area (Å²) in [6, 6.07) is 3.68. The van der Waals surface area contributed by atoms with E-state index in [1.807, 2.05) is 32.9 Å². The van der Waals surface area contributed by atoms with E-state index in [4.69, 9.17) is 5.11 Å². The van der Waals surface area contributed by atoms with Crippen molar-refractivity contribution in [3.8, 4) is 0 Å². The van der Waals surface area contributed by atoms with Crippen molar-refractivity contribution in [3.05, 3.63) is 28.8 Å². The number of carboxylic acid groups (broad SMARTS) is 1. The van der Waals surface area contributed by atoms with Crippen molar-refractivity contribution < 1.29 is 14.7 Å². The largest absolute Gasteiger partial charge is 0.480 e. The van der Waals surface area contributed by atoms with Gasteiger partial charge >= 0.3 is 12.0 Å². The molecule has 1 aromatic rings. The van der Waals surface area contributed by atoms with E-state index in [1.54, 1.807) is 0 Å². The molecule has 0 heterocycles. The molecule has 0 radical (unpaired) electrons. The summed E-state index contributed by atoms with van der Waals surface area (Å²) < 4.78 is 0. The van der Waals surface area contributed by atoms with Crippen LogP contribution in [0.1, 0.15) is 29.5 Å². The normalized spacial score (nSPS) is 13.9. The third-order valence-electron chi connectivity index (χ3n) is 3.70. The Kier molecular flexibility index (Phi) is 4.50. The number of benzene rings is 1. The lowest BCUT2D eigenvalue weighted by molar-refractivity contribution is -0.137. The number of urea groups is 1. The van der Waals surface area contributed by atoms with Crippen molar-refractivity contribution in [1.29, 1.82) is 0 Å². The maximum Gasteiger partial charge on any atom is 0.323 e. The van der Waals surface area contributed by atoms with Gasteiger partial charge < -0.3 is 15.3 Å². The van der Waals surface area contributed by atoms with Gasteiger partial charge in [0, 0.05) is 12.2 Å². The smallest absolute Gasteiger partial charge is 0.323 e. The number of aliphatic carboxylic acids is 1. The molecule has 2 amide bonds. The summed E-state index contributed by atoms with van der Waals surface area (Å²) in [5.41, 5.74) is 3.89. The van der Waals surface area contributed by atoms with Gasteiger partial charge in [-0.15, -0.1) is 0 Å². The zero-order chi connectivity index (χ0) is 15.6. The van der Waals surface area contributed by atoms with Crippen LogP contribution in [0.25, 0.3) is 0 Å².